The molecule has 11 heteroatoms. The van der Waals surface area contributed by atoms with Gasteiger partial charge in [-0.1, -0.05) is 81.3 Å². The van der Waals surface area contributed by atoms with Crippen molar-refractivity contribution < 1.29 is 38.1 Å². The zero-order valence-electron chi connectivity index (χ0n) is 35.3. The van der Waals surface area contributed by atoms with Crippen LogP contribution in [0.3, 0.4) is 0 Å². The Bertz CT molecular complexity index is 2240. The van der Waals surface area contributed by atoms with Crippen molar-refractivity contribution in [3.05, 3.63) is 107 Å². The molecule has 2 aliphatic rings. The summed E-state index contributed by atoms with van der Waals surface area (Å²) in [5, 5.41) is 1.95. The van der Waals surface area contributed by atoms with E-state index in [1.165, 1.54) is 22.5 Å². The molecule has 0 amide bonds. The van der Waals surface area contributed by atoms with Gasteiger partial charge in [-0.05, 0) is 123 Å². The largest absolute Gasteiger partial charge is 0.462 e. The number of esters is 4. The van der Waals surface area contributed by atoms with Crippen LogP contribution >= 0.6 is 11.3 Å². The highest BCUT2D eigenvalue weighted by molar-refractivity contribution is 7.13. The van der Waals surface area contributed by atoms with Crippen molar-refractivity contribution in [3.63, 3.8) is 0 Å². The maximum absolute atomic E-state index is 13.6. The lowest BCUT2D eigenvalue weighted by Gasteiger charge is -2.27. The van der Waals surface area contributed by atoms with Crippen molar-refractivity contribution in [1.82, 2.24) is 9.97 Å². The Morgan fingerprint density at radius 2 is 1.02 bits per heavy atom. The number of thiophene rings is 1. The summed E-state index contributed by atoms with van der Waals surface area (Å²) in [6.45, 7) is 4.32. The number of aryl methyl sites for hydroxylation is 4. The lowest BCUT2D eigenvalue weighted by Crippen LogP contribution is -2.30. The number of ether oxygens (including phenoxy) is 4. The highest BCUT2D eigenvalue weighted by Gasteiger charge is 2.32. The zero-order valence-corrected chi connectivity index (χ0v) is 36.1. The third-order valence-electron chi connectivity index (χ3n) is 11.8. The normalized spacial score (nSPS) is 18.9. The molecule has 3 aromatic carbocycles. The van der Waals surface area contributed by atoms with Crippen molar-refractivity contribution in [1.29, 1.82) is 0 Å². The highest BCUT2D eigenvalue weighted by Crippen LogP contribution is 2.36. The van der Waals surface area contributed by atoms with Crippen LogP contribution in [0.5, 0.6) is 11.5 Å². The Morgan fingerprint density at radius 3 is 1.44 bits per heavy atom. The maximum atomic E-state index is 13.6. The Morgan fingerprint density at radius 1 is 0.574 bits per heavy atom. The standard InChI is InChI=1S/C50H56N2O8S/c1-3-6-33-9-13-35(14-10-33)17-29-45(53)57-39-23-19-37(20-24-39)49(55)59-42-27-28-43(48-47(42)51-32-41(52-48)44-8-5-31-61-44)60-50(56)38-21-25-40(26-22-38)58-46(54)30-18-36-15-11-34(7-4-2)12-16-36/h5,8-16,27-28,31-32,37-40H,3-4,6-7,17-26,29-30H2,1-2H3. The predicted octanol–water partition coefficient (Wildman–Crippen LogP) is 10.5. The molecule has 2 heterocycles. The van der Waals surface area contributed by atoms with Gasteiger partial charge in [0.2, 0.25) is 0 Å². The number of carbonyl (C=O) groups is 4. The summed E-state index contributed by atoms with van der Waals surface area (Å²) in [7, 11) is 0. The second-order valence-corrected chi connectivity index (χ2v) is 17.3. The quantitative estimate of drug-likeness (QED) is 0.0658. The summed E-state index contributed by atoms with van der Waals surface area (Å²) in [5.41, 5.74) is 6.07. The zero-order chi connectivity index (χ0) is 42.6. The minimum absolute atomic E-state index is 0.222. The van der Waals surface area contributed by atoms with Crippen LogP contribution in [-0.4, -0.2) is 46.1 Å². The fourth-order valence-electron chi connectivity index (χ4n) is 8.28. The molecule has 2 saturated carbocycles. The first-order valence-electron chi connectivity index (χ1n) is 22.1. The van der Waals surface area contributed by atoms with Crippen LogP contribution < -0.4 is 9.47 Å². The first kappa shape index (κ1) is 43.7. The average molecular weight is 845 g/mol. The van der Waals surface area contributed by atoms with Crippen molar-refractivity contribution in [2.24, 2.45) is 11.8 Å². The van der Waals surface area contributed by atoms with E-state index in [9.17, 15) is 19.2 Å². The molecule has 0 N–H and O–H groups in total. The molecule has 2 aromatic heterocycles. The Kier molecular flexibility index (Phi) is 15.3. The van der Waals surface area contributed by atoms with Crippen LogP contribution in [-0.2, 0) is 54.3 Å². The number of fused-ring (bicyclic) bond motifs is 1. The lowest BCUT2D eigenvalue weighted by atomic mass is 9.87. The molecule has 0 unspecified atom stereocenters. The van der Waals surface area contributed by atoms with E-state index in [-0.39, 0.29) is 59.4 Å². The van der Waals surface area contributed by atoms with Crippen LogP contribution in [0, 0.1) is 11.8 Å². The van der Waals surface area contributed by atoms with Crippen molar-refractivity contribution in [2.45, 2.75) is 129 Å². The molecule has 61 heavy (non-hydrogen) atoms. The monoisotopic (exact) mass is 844 g/mol. The van der Waals surface area contributed by atoms with E-state index in [1.54, 1.807) is 18.3 Å². The Balaban J connectivity index is 0.912. The Labute approximate surface area is 362 Å². The molecule has 0 aliphatic heterocycles. The van der Waals surface area contributed by atoms with Crippen molar-refractivity contribution >= 4 is 46.2 Å². The van der Waals surface area contributed by atoms with Gasteiger partial charge in [0, 0.05) is 12.8 Å². The van der Waals surface area contributed by atoms with E-state index in [4.69, 9.17) is 23.9 Å². The van der Waals surface area contributed by atoms with Gasteiger partial charge in [-0.3, -0.25) is 19.2 Å². The molecular formula is C50H56N2O8S. The predicted molar refractivity (Wildman–Crippen MR) is 235 cm³/mol. The van der Waals surface area contributed by atoms with E-state index in [2.05, 4.69) is 67.4 Å². The van der Waals surface area contributed by atoms with Crippen molar-refractivity contribution in [3.8, 4) is 22.1 Å². The van der Waals surface area contributed by atoms with Gasteiger partial charge in [0.15, 0.2) is 11.5 Å². The molecular weight excluding hydrogens is 789 g/mol. The van der Waals surface area contributed by atoms with E-state index in [0.29, 0.717) is 93.8 Å². The molecule has 0 radical (unpaired) electrons. The van der Waals surface area contributed by atoms with Gasteiger partial charge in [0.05, 0.1) is 28.6 Å². The van der Waals surface area contributed by atoms with Gasteiger partial charge in [0.1, 0.15) is 23.2 Å². The average Bonchev–Trinajstić information content (AvgIpc) is 3.83. The SMILES string of the molecule is CCCc1ccc(CCC(=O)OC2CCC(C(=O)Oc3ccc(OC(=O)C4CCC(OC(=O)CCc5ccc(CCC)cc5)CC4)c4nc(-c5cccs5)cnc34)CC2)cc1. The molecule has 320 valence electrons. The number of aromatic nitrogens is 2. The fourth-order valence-corrected chi connectivity index (χ4v) is 8.96. The molecule has 0 bridgehead atoms. The summed E-state index contributed by atoms with van der Waals surface area (Å²) >= 11 is 1.51. The smallest absolute Gasteiger partial charge is 0.314 e. The van der Waals surface area contributed by atoms with Gasteiger partial charge in [0.25, 0.3) is 0 Å². The van der Waals surface area contributed by atoms with Gasteiger partial charge < -0.3 is 18.9 Å². The molecule has 10 nitrogen and oxygen atoms in total. The van der Waals surface area contributed by atoms with Gasteiger partial charge in [-0.2, -0.15) is 0 Å². The summed E-state index contributed by atoms with van der Waals surface area (Å²) in [6, 6.07) is 23.9. The van der Waals surface area contributed by atoms with Gasteiger partial charge in [-0.25, -0.2) is 9.97 Å². The lowest BCUT2D eigenvalue weighted by molar-refractivity contribution is -0.153. The van der Waals surface area contributed by atoms with E-state index in [0.717, 1.165) is 41.7 Å². The van der Waals surface area contributed by atoms with Crippen LogP contribution in [0.25, 0.3) is 21.6 Å². The third-order valence-corrected chi connectivity index (χ3v) is 12.7. The summed E-state index contributed by atoms with van der Waals surface area (Å²) in [5.74, 6) is -1.47. The first-order valence-corrected chi connectivity index (χ1v) is 22.9. The van der Waals surface area contributed by atoms with Crippen LogP contribution in [0.1, 0.15) is 113 Å². The topological polar surface area (TPSA) is 131 Å². The summed E-state index contributed by atoms with van der Waals surface area (Å²) in [4.78, 5) is 62.9. The number of hydrogen-bond donors (Lipinski definition) is 0. The molecule has 5 aromatic rings. The van der Waals surface area contributed by atoms with Crippen molar-refractivity contribution in [2.75, 3.05) is 0 Å². The number of rotatable bonds is 17. The number of carbonyl (C=O) groups excluding carboxylic acids is 4. The molecule has 0 saturated heterocycles. The molecule has 2 aliphatic carbocycles. The van der Waals surface area contributed by atoms with E-state index < -0.39 is 0 Å². The van der Waals surface area contributed by atoms with Gasteiger partial charge in [-0.15, -0.1) is 11.3 Å². The minimum atomic E-state index is -0.385. The number of benzene rings is 3. The minimum Gasteiger partial charge on any atom is -0.462 e. The third kappa shape index (κ3) is 12.1. The Hall–Kier alpha value is -5.42. The molecule has 2 fully saturated rings. The summed E-state index contributed by atoms with van der Waals surface area (Å²) in [6.07, 6.45) is 11.8. The van der Waals surface area contributed by atoms with Gasteiger partial charge >= 0.3 is 23.9 Å². The van der Waals surface area contributed by atoms with Crippen LogP contribution in [0.15, 0.2) is 84.4 Å². The molecule has 0 atom stereocenters. The molecule has 0 spiro atoms. The summed E-state index contributed by atoms with van der Waals surface area (Å²) < 4.78 is 23.6. The second-order valence-electron chi connectivity index (χ2n) is 16.4. The highest BCUT2D eigenvalue weighted by atomic mass is 32.1. The van der Waals surface area contributed by atoms with Crippen LogP contribution in [0.2, 0.25) is 0 Å². The van der Waals surface area contributed by atoms with E-state index in [1.807, 2.05) is 17.5 Å². The number of hydrogen-bond acceptors (Lipinski definition) is 11. The first-order chi connectivity index (χ1) is 29.7. The van der Waals surface area contributed by atoms with E-state index >= 15 is 0 Å². The fraction of sp³-hybridized carbons (Fsp3) is 0.440. The number of nitrogens with zero attached hydrogens (tertiary/aromatic N) is 2. The second kappa shape index (κ2) is 21.4. The molecule has 7 rings (SSSR count). The maximum Gasteiger partial charge on any atom is 0.314 e. The van der Waals surface area contributed by atoms with Crippen LogP contribution in [0.4, 0.5) is 0 Å².